The molecule has 0 bridgehead atoms. The van der Waals surface area contributed by atoms with E-state index in [9.17, 15) is 9.59 Å². The van der Waals surface area contributed by atoms with Crippen molar-refractivity contribution in [3.63, 3.8) is 0 Å². The predicted octanol–water partition coefficient (Wildman–Crippen LogP) is 2.73. The van der Waals surface area contributed by atoms with Gasteiger partial charge in [-0.15, -0.1) is 0 Å². The maximum absolute atomic E-state index is 13.1. The molecule has 5 nitrogen and oxygen atoms in total. The Bertz CT molecular complexity index is 753. The van der Waals surface area contributed by atoms with Gasteiger partial charge in [0.15, 0.2) is 0 Å². The van der Waals surface area contributed by atoms with Crippen LogP contribution in [-0.4, -0.2) is 25.5 Å². The Morgan fingerprint density at radius 2 is 1.91 bits per heavy atom. The van der Waals surface area contributed by atoms with Gasteiger partial charge < -0.3 is 14.2 Å². The average molecular weight is 312 g/mol. The number of methoxy groups -OCH3 is 1. The van der Waals surface area contributed by atoms with Crippen LogP contribution >= 0.6 is 0 Å². The number of rotatable bonds is 3. The minimum atomic E-state index is -1.46. The van der Waals surface area contributed by atoms with Gasteiger partial charge in [0.25, 0.3) is 0 Å². The molecule has 0 fully saturated rings. The van der Waals surface area contributed by atoms with Gasteiger partial charge in [-0.3, -0.25) is 9.59 Å². The first-order valence-electron chi connectivity index (χ1n) is 7.17. The van der Waals surface area contributed by atoms with Crippen LogP contribution in [0.3, 0.4) is 0 Å². The van der Waals surface area contributed by atoms with E-state index in [0.29, 0.717) is 22.6 Å². The van der Waals surface area contributed by atoms with Gasteiger partial charge in [0.05, 0.1) is 12.7 Å². The summed E-state index contributed by atoms with van der Waals surface area (Å²) in [5, 5.41) is 0. The zero-order valence-corrected chi connectivity index (χ0v) is 12.9. The first kappa shape index (κ1) is 15.1. The summed E-state index contributed by atoms with van der Waals surface area (Å²) in [5.74, 6) is 0.176. The largest absolute Gasteiger partial charge is 0.497 e. The summed E-state index contributed by atoms with van der Waals surface area (Å²) in [4.78, 5) is 24.7. The van der Waals surface area contributed by atoms with Gasteiger partial charge in [0.2, 0.25) is 11.4 Å². The fourth-order valence-electron chi connectivity index (χ4n) is 2.70. The Kier molecular flexibility index (Phi) is 3.78. The lowest BCUT2D eigenvalue weighted by Gasteiger charge is -2.36. The molecule has 0 spiro atoms. The number of Topliss-reactive ketones (excluding diaryl/α,β-unsaturated/α-hetero) is 1. The van der Waals surface area contributed by atoms with E-state index in [0.717, 1.165) is 0 Å². The molecule has 1 unspecified atom stereocenters. The summed E-state index contributed by atoms with van der Waals surface area (Å²) in [7, 11) is 1.54. The van der Waals surface area contributed by atoms with Crippen molar-refractivity contribution in [3.05, 3.63) is 59.7 Å². The highest BCUT2D eigenvalue weighted by atomic mass is 16.6. The van der Waals surface area contributed by atoms with Crippen LogP contribution in [0.5, 0.6) is 11.5 Å². The number of benzene rings is 2. The van der Waals surface area contributed by atoms with E-state index in [-0.39, 0.29) is 12.4 Å². The Hall–Kier alpha value is -2.82. The van der Waals surface area contributed by atoms with Crippen LogP contribution in [0.15, 0.2) is 48.5 Å². The summed E-state index contributed by atoms with van der Waals surface area (Å²) in [6.45, 7) is 1.21. The molecule has 1 aliphatic heterocycles. The van der Waals surface area contributed by atoms with E-state index in [1.807, 2.05) is 6.07 Å². The Balaban J connectivity index is 2.11. The topological polar surface area (TPSA) is 61.8 Å². The number of esters is 1. The van der Waals surface area contributed by atoms with E-state index in [1.165, 1.54) is 6.92 Å². The molecule has 0 radical (unpaired) electrons. The Morgan fingerprint density at radius 3 is 2.57 bits per heavy atom. The molecule has 0 amide bonds. The monoisotopic (exact) mass is 312 g/mol. The maximum atomic E-state index is 13.1. The summed E-state index contributed by atoms with van der Waals surface area (Å²) >= 11 is 0. The fraction of sp³-hybridized carbons (Fsp3) is 0.222. The molecule has 0 aliphatic carbocycles. The van der Waals surface area contributed by atoms with E-state index in [2.05, 4.69) is 0 Å². The molecule has 1 atom stereocenters. The molecule has 5 heteroatoms. The molecular weight excluding hydrogens is 296 g/mol. The minimum Gasteiger partial charge on any atom is -0.497 e. The lowest BCUT2D eigenvalue weighted by molar-refractivity contribution is -0.156. The third kappa shape index (κ3) is 2.54. The van der Waals surface area contributed by atoms with Crippen molar-refractivity contribution in [2.24, 2.45) is 0 Å². The van der Waals surface area contributed by atoms with Crippen molar-refractivity contribution in [1.82, 2.24) is 0 Å². The first-order valence-corrected chi connectivity index (χ1v) is 7.17. The highest BCUT2D eigenvalue weighted by Gasteiger charge is 2.49. The van der Waals surface area contributed by atoms with E-state index < -0.39 is 11.6 Å². The van der Waals surface area contributed by atoms with Crippen LogP contribution in [0.1, 0.15) is 22.8 Å². The molecule has 0 saturated carbocycles. The van der Waals surface area contributed by atoms with Crippen molar-refractivity contribution >= 4 is 11.8 Å². The molecule has 2 aromatic carbocycles. The van der Waals surface area contributed by atoms with Gasteiger partial charge in [0, 0.05) is 18.6 Å². The second-order valence-corrected chi connectivity index (χ2v) is 5.27. The number of fused-ring (bicyclic) bond motifs is 1. The van der Waals surface area contributed by atoms with Crippen molar-refractivity contribution in [2.45, 2.75) is 12.5 Å². The summed E-state index contributed by atoms with van der Waals surface area (Å²) in [6.07, 6.45) is 0. The zero-order valence-electron chi connectivity index (χ0n) is 12.9. The van der Waals surface area contributed by atoms with Crippen molar-refractivity contribution in [3.8, 4) is 11.5 Å². The quantitative estimate of drug-likeness (QED) is 0.816. The fourth-order valence-corrected chi connectivity index (χ4v) is 2.70. The number of carbonyl (C=O) groups excluding carboxylic acids is 2. The number of ketones is 1. The summed E-state index contributed by atoms with van der Waals surface area (Å²) < 4.78 is 16.3. The van der Waals surface area contributed by atoms with Crippen LogP contribution in [0, 0.1) is 0 Å². The molecule has 1 aliphatic rings. The highest BCUT2D eigenvalue weighted by Crippen LogP contribution is 2.39. The lowest BCUT2D eigenvalue weighted by atomic mass is 9.84. The molecular formula is C18H16O5. The third-order valence-corrected chi connectivity index (χ3v) is 3.79. The smallest absolute Gasteiger partial charge is 0.304 e. The van der Waals surface area contributed by atoms with Crippen LogP contribution in [-0.2, 0) is 15.1 Å². The molecule has 0 N–H and O–H groups in total. The van der Waals surface area contributed by atoms with Gasteiger partial charge >= 0.3 is 5.97 Å². The zero-order chi connectivity index (χ0) is 16.4. The standard InChI is InChI=1S/C18H16O5/c1-12(19)23-18(13-6-4-3-5-7-13)11-22-16-10-14(21-2)8-9-15(16)17(18)20/h3-10H,11H2,1-2H3. The Morgan fingerprint density at radius 1 is 1.17 bits per heavy atom. The molecule has 0 aromatic heterocycles. The second kappa shape index (κ2) is 5.76. The van der Waals surface area contributed by atoms with Gasteiger partial charge in [-0.2, -0.15) is 0 Å². The molecule has 3 rings (SSSR count). The van der Waals surface area contributed by atoms with E-state index in [4.69, 9.17) is 14.2 Å². The molecule has 23 heavy (non-hydrogen) atoms. The Labute approximate surface area is 133 Å². The third-order valence-electron chi connectivity index (χ3n) is 3.79. The maximum Gasteiger partial charge on any atom is 0.304 e. The predicted molar refractivity (Wildman–Crippen MR) is 82.7 cm³/mol. The SMILES string of the molecule is COc1ccc2c(c1)OCC(OC(C)=O)(c1ccccc1)C2=O. The average Bonchev–Trinajstić information content (AvgIpc) is 2.57. The van der Waals surface area contributed by atoms with Gasteiger partial charge in [-0.05, 0) is 12.1 Å². The summed E-state index contributed by atoms with van der Waals surface area (Å²) in [6, 6.07) is 13.9. The molecule has 1 heterocycles. The van der Waals surface area contributed by atoms with E-state index in [1.54, 1.807) is 49.6 Å². The molecule has 2 aromatic rings. The van der Waals surface area contributed by atoms with Gasteiger partial charge in [-0.1, -0.05) is 30.3 Å². The van der Waals surface area contributed by atoms with Crippen molar-refractivity contribution < 1.29 is 23.8 Å². The lowest BCUT2D eigenvalue weighted by Crippen LogP contribution is -2.48. The van der Waals surface area contributed by atoms with Crippen molar-refractivity contribution in [2.75, 3.05) is 13.7 Å². The van der Waals surface area contributed by atoms with Crippen LogP contribution in [0.4, 0.5) is 0 Å². The number of ether oxygens (including phenoxy) is 3. The van der Waals surface area contributed by atoms with Gasteiger partial charge in [-0.25, -0.2) is 0 Å². The van der Waals surface area contributed by atoms with Crippen LogP contribution < -0.4 is 9.47 Å². The van der Waals surface area contributed by atoms with Crippen LogP contribution in [0.2, 0.25) is 0 Å². The molecule has 118 valence electrons. The highest BCUT2D eigenvalue weighted by molar-refractivity contribution is 6.07. The number of hydrogen-bond acceptors (Lipinski definition) is 5. The van der Waals surface area contributed by atoms with E-state index >= 15 is 0 Å². The normalized spacial score (nSPS) is 19.5. The minimum absolute atomic E-state index is 0.0738. The number of hydrogen-bond donors (Lipinski definition) is 0. The number of carbonyl (C=O) groups is 2. The first-order chi connectivity index (χ1) is 11.1. The van der Waals surface area contributed by atoms with Crippen molar-refractivity contribution in [1.29, 1.82) is 0 Å². The molecule has 0 saturated heterocycles. The van der Waals surface area contributed by atoms with Gasteiger partial charge in [0.1, 0.15) is 18.1 Å². The second-order valence-electron chi connectivity index (χ2n) is 5.27. The van der Waals surface area contributed by atoms with Crippen LogP contribution in [0.25, 0.3) is 0 Å². The summed E-state index contributed by atoms with van der Waals surface area (Å²) in [5.41, 5.74) is -0.516.